The van der Waals surface area contributed by atoms with Crippen molar-refractivity contribution in [2.24, 2.45) is 0 Å². The summed E-state index contributed by atoms with van der Waals surface area (Å²) in [6.45, 7) is 4.48. The maximum Gasteiger partial charge on any atom is 0.0706 e. The standard InChI is InChI=1S/C18H24ClN/c1-3-5-7-9-17-14(8-6-4-2)12-15-13-16(19)10-11-18(15)20-17/h10-13H,3-9H2,1-2H3. The molecule has 20 heavy (non-hydrogen) atoms. The van der Waals surface area contributed by atoms with Gasteiger partial charge in [0.2, 0.25) is 0 Å². The number of aryl methyl sites for hydroxylation is 2. The zero-order chi connectivity index (χ0) is 14.4. The third-order valence-corrected chi connectivity index (χ3v) is 4.00. The third-order valence-electron chi connectivity index (χ3n) is 3.76. The highest BCUT2D eigenvalue weighted by Crippen LogP contribution is 2.23. The lowest BCUT2D eigenvalue weighted by molar-refractivity contribution is 0.697. The average Bonchev–Trinajstić information content (AvgIpc) is 2.45. The van der Waals surface area contributed by atoms with Gasteiger partial charge in [0.1, 0.15) is 0 Å². The number of halogens is 1. The molecule has 1 nitrogen and oxygen atoms in total. The van der Waals surface area contributed by atoms with E-state index >= 15 is 0 Å². The minimum absolute atomic E-state index is 0.791. The van der Waals surface area contributed by atoms with Crippen molar-refractivity contribution in [1.29, 1.82) is 0 Å². The minimum Gasteiger partial charge on any atom is -0.253 e. The molecule has 0 radical (unpaired) electrons. The van der Waals surface area contributed by atoms with Crippen LogP contribution in [-0.4, -0.2) is 4.98 Å². The Hall–Kier alpha value is -1.08. The summed E-state index contributed by atoms with van der Waals surface area (Å²) >= 11 is 6.09. The molecule has 0 saturated heterocycles. The van der Waals surface area contributed by atoms with Crippen molar-refractivity contribution in [3.63, 3.8) is 0 Å². The molecule has 2 heteroatoms. The van der Waals surface area contributed by atoms with Crippen LogP contribution in [0.1, 0.15) is 57.2 Å². The summed E-state index contributed by atoms with van der Waals surface area (Å²) in [4.78, 5) is 4.88. The topological polar surface area (TPSA) is 12.9 Å². The van der Waals surface area contributed by atoms with E-state index in [1.807, 2.05) is 18.2 Å². The maximum atomic E-state index is 6.09. The van der Waals surface area contributed by atoms with E-state index in [4.69, 9.17) is 16.6 Å². The molecule has 1 aromatic carbocycles. The monoisotopic (exact) mass is 289 g/mol. The van der Waals surface area contributed by atoms with Crippen LogP contribution in [0.3, 0.4) is 0 Å². The first-order valence-electron chi connectivity index (χ1n) is 7.82. The number of unbranched alkanes of at least 4 members (excludes halogenated alkanes) is 3. The molecule has 0 bridgehead atoms. The van der Waals surface area contributed by atoms with Crippen LogP contribution >= 0.6 is 11.6 Å². The molecule has 2 aromatic rings. The van der Waals surface area contributed by atoms with Crippen LogP contribution in [-0.2, 0) is 12.8 Å². The number of fused-ring (bicyclic) bond motifs is 1. The summed E-state index contributed by atoms with van der Waals surface area (Å²) in [5, 5.41) is 1.96. The van der Waals surface area contributed by atoms with E-state index in [9.17, 15) is 0 Å². The Balaban J connectivity index is 2.32. The number of aromatic nitrogens is 1. The Kier molecular flexibility index (Phi) is 5.85. The van der Waals surface area contributed by atoms with Gasteiger partial charge in [-0.15, -0.1) is 0 Å². The molecule has 0 aliphatic rings. The molecule has 0 N–H and O–H groups in total. The normalized spacial score (nSPS) is 11.2. The van der Waals surface area contributed by atoms with Gasteiger partial charge in [0.05, 0.1) is 5.52 Å². The van der Waals surface area contributed by atoms with Crippen LogP contribution in [0.15, 0.2) is 24.3 Å². The van der Waals surface area contributed by atoms with Gasteiger partial charge in [0, 0.05) is 16.1 Å². The van der Waals surface area contributed by atoms with Gasteiger partial charge in [0.25, 0.3) is 0 Å². The molecule has 108 valence electrons. The van der Waals surface area contributed by atoms with E-state index in [0.717, 1.165) is 23.4 Å². The van der Waals surface area contributed by atoms with E-state index in [1.165, 1.54) is 48.7 Å². The van der Waals surface area contributed by atoms with Crippen LogP contribution in [0.5, 0.6) is 0 Å². The molecule has 0 aliphatic carbocycles. The molecule has 0 amide bonds. The van der Waals surface area contributed by atoms with Crippen LogP contribution in [0.25, 0.3) is 10.9 Å². The van der Waals surface area contributed by atoms with Crippen LogP contribution in [0.4, 0.5) is 0 Å². The second-order valence-corrected chi connectivity index (χ2v) is 5.93. The molecule has 2 rings (SSSR count). The second-order valence-electron chi connectivity index (χ2n) is 5.49. The predicted octanol–water partition coefficient (Wildman–Crippen LogP) is 5.96. The SMILES string of the molecule is CCCCCc1nc2ccc(Cl)cc2cc1CCCC. The highest BCUT2D eigenvalue weighted by atomic mass is 35.5. The van der Waals surface area contributed by atoms with E-state index < -0.39 is 0 Å². The van der Waals surface area contributed by atoms with Crippen molar-refractivity contribution in [1.82, 2.24) is 4.98 Å². The lowest BCUT2D eigenvalue weighted by Crippen LogP contribution is -2.00. The summed E-state index contributed by atoms with van der Waals surface area (Å²) in [7, 11) is 0. The lowest BCUT2D eigenvalue weighted by Gasteiger charge is -2.11. The molecule has 1 heterocycles. The zero-order valence-corrected chi connectivity index (χ0v) is 13.3. The second kappa shape index (κ2) is 7.64. The van der Waals surface area contributed by atoms with Gasteiger partial charge < -0.3 is 0 Å². The molecule has 0 atom stereocenters. The zero-order valence-electron chi connectivity index (χ0n) is 12.6. The maximum absolute atomic E-state index is 6.09. The number of hydrogen-bond donors (Lipinski definition) is 0. The van der Waals surface area contributed by atoms with Crippen molar-refractivity contribution in [3.8, 4) is 0 Å². The fraction of sp³-hybridized carbons (Fsp3) is 0.500. The van der Waals surface area contributed by atoms with Crippen molar-refractivity contribution in [2.45, 2.75) is 58.8 Å². The predicted molar refractivity (Wildman–Crippen MR) is 88.6 cm³/mol. The number of pyridine rings is 1. The quantitative estimate of drug-likeness (QED) is 0.573. The van der Waals surface area contributed by atoms with Crippen molar-refractivity contribution >= 4 is 22.5 Å². The molecule has 0 aliphatic heterocycles. The van der Waals surface area contributed by atoms with E-state index in [-0.39, 0.29) is 0 Å². The van der Waals surface area contributed by atoms with Gasteiger partial charge in [0.15, 0.2) is 0 Å². The lowest BCUT2D eigenvalue weighted by atomic mass is 10.0. The van der Waals surface area contributed by atoms with E-state index in [2.05, 4.69) is 19.9 Å². The highest BCUT2D eigenvalue weighted by Gasteiger charge is 2.07. The van der Waals surface area contributed by atoms with Gasteiger partial charge >= 0.3 is 0 Å². The summed E-state index contributed by atoms with van der Waals surface area (Å²) in [6.07, 6.45) is 8.47. The van der Waals surface area contributed by atoms with Gasteiger partial charge in [-0.2, -0.15) is 0 Å². The molecule has 0 unspecified atom stereocenters. The molecular weight excluding hydrogens is 266 g/mol. The van der Waals surface area contributed by atoms with Gasteiger partial charge in [-0.25, -0.2) is 0 Å². The number of nitrogens with zero attached hydrogens (tertiary/aromatic N) is 1. The fourth-order valence-electron chi connectivity index (χ4n) is 2.57. The Morgan fingerprint density at radius 3 is 2.50 bits per heavy atom. The Labute approximate surface area is 127 Å². The molecule has 0 saturated carbocycles. The van der Waals surface area contributed by atoms with E-state index in [1.54, 1.807) is 0 Å². The van der Waals surface area contributed by atoms with Gasteiger partial charge in [-0.1, -0.05) is 44.7 Å². The average molecular weight is 290 g/mol. The Morgan fingerprint density at radius 2 is 1.75 bits per heavy atom. The van der Waals surface area contributed by atoms with Crippen LogP contribution in [0, 0.1) is 0 Å². The summed E-state index contributed by atoms with van der Waals surface area (Å²) in [6, 6.07) is 8.28. The smallest absolute Gasteiger partial charge is 0.0706 e. The summed E-state index contributed by atoms with van der Waals surface area (Å²) in [5.41, 5.74) is 3.78. The summed E-state index contributed by atoms with van der Waals surface area (Å²) < 4.78 is 0. The highest BCUT2D eigenvalue weighted by molar-refractivity contribution is 6.31. The Bertz CT molecular complexity index is 563. The third kappa shape index (κ3) is 3.96. The number of hydrogen-bond acceptors (Lipinski definition) is 1. The van der Waals surface area contributed by atoms with E-state index in [0.29, 0.717) is 0 Å². The molecule has 0 spiro atoms. The Morgan fingerprint density at radius 1 is 0.950 bits per heavy atom. The first-order valence-corrected chi connectivity index (χ1v) is 8.20. The van der Waals surface area contributed by atoms with Gasteiger partial charge in [-0.3, -0.25) is 4.98 Å². The molecule has 0 fully saturated rings. The van der Waals surface area contributed by atoms with Crippen molar-refractivity contribution < 1.29 is 0 Å². The number of benzene rings is 1. The van der Waals surface area contributed by atoms with Gasteiger partial charge in [-0.05, 0) is 55.5 Å². The first kappa shape index (κ1) is 15.3. The fourth-order valence-corrected chi connectivity index (χ4v) is 2.75. The molecule has 1 aromatic heterocycles. The van der Waals surface area contributed by atoms with Crippen LogP contribution < -0.4 is 0 Å². The van der Waals surface area contributed by atoms with Crippen LogP contribution in [0.2, 0.25) is 5.02 Å². The number of rotatable bonds is 7. The molecular formula is C18H24ClN. The largest absolute Gasteiger partial charge is 0.253 e. The van der Waals surface area contributed by atoms with Crippen molar-refractivity contribution in [3.05, 3.63) is 40.5 Å². The first-order chi connectivity index (χ1) is 9.74. The minimum atomic E-state index is 0.791. The summed E-state index contributed by atoms with van der Waals surface area (Å²) in [5.74, 6) is 0. The van der Waals surface area contributed by atoms with Crippen molar-refractivity contribution in [2.75, 3.05) is 0 Å².